The van der Waals surface area contributed by atoms with Gasteiger partial charge in [-0.25, -0.2) is 4.99 Å². The van der Waals surface area contributed by atoms with Crippen molar-refractivity contribution in [3.05, 3.63) is 105 Å². The topological polar surface area (TPSA) is 37.6 Å². The Balaban J connectivity index is 1.43. The van der Waals surface area contributed by atoms with E-state index in [9.17, 15) is 4.79 Å². The second-order valence-electron chi connectivity index (χ2n) is 10.7. The van der Waals surface area contributed by atoms with E-state index in [4.69, 9.17) is 28.2 Å². The van der Waals surface area contributed by atoms with Crippen LogP contribution in [-0.4, -0.2) is 26.6 Å². The maximum Gasteiger partial charge on any atom is 0.267 e. The Kier molecular flexibility index (Phi) is 7.80. The predicted octanol–water partition coefficient (Wildman–Crippen LogP) is 9.49. The number of halogens is 2. The second kappa shape index (κ2) is 11.5. The molecule has 1 saturated carbocycles. The number of thioether (sulfide) groups is 1. The normalized spacial score (nSPS) is 21.7. The Hall–Kier alpha value is -2.99. The number of hydrogen-bond donors (Lipinski definition) is 0. The zero-order chi connectivity index (χ0) is 27.8. The molecule has 4 nitrogen and oxygen atoms in total. The first-order valence-electron chi connectivity index (χ1n) is 13.8. The van der Waals surface area contributed by atoms with Crippen LogP contribution >= 0.6 is 35.0 Å². The third-order valence-electron chi connectivity index (χ3n) is 8.10. The van der Waals surface area contributed by atoms with Gasteiger partial charge in [-0.05, 0) is 79.4 Å². The highest BCUT2D eigenvalue weighted by Crippen LogP contribution is 2.41. The number of nitrogens with zero attached hydrogens (tertiary/aromatic N) is 3. The summed E-state index contributed by atoms with van der Waals surface area (Å²) in [6.45, 7) is 5.04. The molecule has 0 radical (unpaired) electrons. The van der Waals surface area contributed by atoms with Crippen molar-refractivity contribution in [2.75, 3.05) is 0 Å². The van der Waals surface area contributed by atoms with E-state index >= 15 is 0 Å². The molecule has 6 rings (SSSR count). The molecule has 3 aromatic carbocycles. The lowest BCUT2D eigenvalue weighted by Gasteiger charge is -2.35. The molecular weight excluding hydrogens is 557 g/mol. The van der Waals surface area contributed by atoms with E-state index < -0.39 is 0 Å². The Labute approximate surface area is 249 Å². The van der Waals surface area contributed by atoms with Crippen LogP contribution in [0.3, 0.4) is 0 Å². The lowest BCUT2D eigenvalue weighted by atomic mass is 9.85. The summed E-state index contributed by atoms with van der Waals surface area (Å²) in [5.74, 6) is 0.493. The largest absolute Gasteiger partial charge is 0.340 e. The van der Waals surface area contributed by atoms with Gasteiger partial charge in [0, 0.05) is 34.7 Å². The summed E-state index contributed by atoms with van der Waals surface area (Å²) >= 11 is 14.0. The Morgan fingerprint density at radius 3 is 2.50 bits per heavy atom. The third kappa shape index (κ3) is 5.23. The molecule has 2 fully saturated rings. The van der Waals surface area contributed by atoms with Gasteiger partial charge in [-0.2, -0.15) is 0 Å². The van der Waals surface area contributed by atoms with Gasteiger partial charge in [0.25, 0.3) is 5.91 Å². The van der Waals surface area contributed by atoms with Gasteiger partial charge in [0.15, 0.2) is 5.17 Å². The summed E-state index contributed by atoms with van der Waals surface area (Å²) in [5, 5.41) is 2.99. The molecule has 7 heteroatoms. The highest BCUT2D eigenvalue weighted by atomic mass is 35.5. The van der Waals surface area contributed by atoms with Gasteiger partial charge in [-0.3, -0.25) is 9.69 Å². The minimum atomic E-state index is 0.0548. The number of aromatic nitrogens is 1. The molecule has 1 amide bonds. The second-order valence-corrected chi connectivity index (χ2v) is 12.5. The van der Waals surface area contributed by atoms with Gasteiger partial charge in [-0.15, -0.1) is 0 Å². The van der Waals surface area contributed by atoms with Crippen LogP contribution in [0, 0.1) is 12.8 Å². The molecule has 4 aromatic rings. The first-order chi connectivity index (χ1) is 19.4. The minimum Gasteiger partial charge on any atom is -0.340 e. The molecule has 40 heavy (non-hydrogen) atoms. The zero-order valence-corrected chi connectivity index (χ0v) is 24.9. The van der Waals surface area contributed by atoms with Gasteiger partial charge in [0.05, 0.1) is 20.6 Å². The minimum absolute atomic E-state index is 0.0548. The van der Waals surface area contributed by atoms with Crippen molar-refractivity contribution < 1.29 is 4.79 Å². The molecular formula is C33H31Cl2N3OS. The molecule has 0 unspecified atom stereocenters. The van der Waals surface area contributed by atoms with Crippen molar-refractivity contribution in [3.8, 4) is 0 Å². The summed E-state index contributed by atoms with van der Waals surface area (Å²) in [5.41, 5.74) is 5.20. The summed E-state index contributed by atoms with van der Waals surface area (Å²) < 4.78 is 2.28. The summed E-state index contributed by atoms with van der Waals surface area (Å²) in [6.07, 6.45) is 6.58. The number of carbonyl (C=O) groups is 1. The highest BCUT2D eigenvalue weighted by Gasteiger charge is 2.41. The lowest BCUT2D eigenvalue weighted by molar-refractivity contribution is -0.124. The number of aliphatic imine (C=N–C) groups is 1. The summed E-state index contributed by atoms with van der Waals surface area (Å²) in [6, 6.07) is 24.2. The Morgan fingerprint density at radius 2 is 1.73 bits per heavy atom. The predicted molar refractivity (Wildman–Crippen MR) is 170 cm³/mol. The van der Waals surface area contributed by atoms with Crippen molar-refractivity contribution in [1.29, 1.82) is 0 Å². The number of hydrogen-bond acceptors (Lipinski definition) is 3. The Bertz CT molecular complexity index is 1640. The fourth-order valence-electron chi connectivity index (χ4n) is 5.95. The number of amidine groups is 1. The first kappa shape index (κ1) is 27.2. The molecule has 1 aliphatic heterocycles. The van der Waals surface area contributed by atoms with Crippen LogP contribution in [0.15, 0.2) is 82.7 Å². The average molecular weight is 589 g/mol. The summed E-state index contributed by atoms with van der Waals surface area (Å²) in [7, 11) is 0. The van der Waals surface area contributed by atoms with Crippen LogP contribution in [0.5, 0.6) is 0 Å². The van der Waals surface area contributed by atoms with E-state index in [2.05, 4.69) is 48.8 Å². The van der Waals surface area contributed by atoms with Crippen molar-refractivity contribution >= 4 is 68.7 Å². The highest BCUT2D eigenvalue weighted by molar-refractivity contribution is 8.18. The molecule has 1 saturated heterocycles. The van der Waals surface area contributed by atoms with E-state index in [1.54, 1.807) is 0 Å². The molecule has 1 aromatic heterocycles. The quantitative estimate of drug-likeness (QED) is 0.218. The molecule has 2 atom stereocenters. The number of amides is 1. The molecule has 2 heterocycles. The van der Waals surface area contributed by atoms with Gasteiger partial charge >= 0.3 is 0 Å². The molecule has 2 aliphatic rings. The molecule has 204 valence electrons. The van der Waals surface area contributed by atoms with Crippen LogP contribution in [0.25, 0.3) is 17.0 Å². The summed E-state index contributed by atoms with van der Waals surface area (Å²) in [4.78, 5) is 21.8. The van der Waals surface area contributed by atoms with E-state index in [1.165, 1.54) is 18.2 Å². The van der Waals surface area contributed by atoms with Crippen molar-refractivity contribution in [2.45, 2.75) is 52.1 Å². The fraction of sp³-hybridized carbons (Fsp3) is 0.273. The van der Waals surface area contributed by atoms with E-state index in [0.717, 1.165) is 57.8 Å². The third-order valence-corrected chi connectivity index (χ3v) is 9.82. The van der Waals surface area contributed by atoms with Crippen LogP contribution in [0.2, 0.25) is 10.0 Å². The number of fused-ring (bicyclic) bond motifs is 1. The van der Waals surface area contributed by atoms with Gasteiger partial charge < -0.3 is 4.57 Å². The molecule has 0 N–H and O–H groups in total. The van der Waals surface area contributed by atoms with E-state index in [-0.39, 0.29) is 11.9 Å². The van der Waals surface area contributed by atoms with Gasteiger partial charge in [0.2, 0.25) is 0 Å². The van der Waals surface area contributed by atoms with Crippen molar-refractivity contribution in [3.63, 3.8) is 0 Å². The molecule has 1 aliphatic carbocycles. The number of carbonyl (C=O) groups excluding carboxylic acids is 1. The average Bonchev–Trinajstić information content (AvgIpc) is 3.40. The lowest BCUT2D eigenvalue weighted by Crippen LogP contribution is -2.44. The zero-order valence-electron chi connectivity index (χ0n) is 22.6. The van der Waals surface area contributed by atoms with Crippen LogP contribution < -0.4 is 0 Å². The van der Waals surface area contributed by atoms with Crippen LogP contribution in [-0.2, 0) is 11.3 Å². The molecule has 0 bridgehead atoms. The fourth-order valence-corrected chi connectivity index (χ4v) is 7.29. The first-order valence-corrected chi connectivity index (χ1v) is 15.4. The van der Waals surface area contributed by atoms with E-state index in [0.29, 0.717) is 27.4 Å². The number of rotatable bonds is 5. The van der Waals surface area contributed by atoms with Gasteiger partial charge in [0.1, 0.15) is 0 Å². The number of para-hydroxylation sites is 2. The standard InChI is InChI=1S/C33H31Cl2N3OS/c1-21-10-6-8-14-29(21)38-32(39)31(40-33(38)36-24-11-4-3-5-12-24)19-26-22(2)37(30-15-9-7-13-25(26)30)20-23-16-17-27(34)28(35)18-23/h3-5,7,9,11-13,15-19,21,29H,6,8,10,14,20H2,1-2H3/b31-19-,36-33?/t21-,29+/m0/s1. The van der Waals surface area contributed by atoms with Crippen LogP contribution in [0.4, 0.5) is 5.69 Å². The van der Waals surface area contributed by atoms with Gasteiger partial charge in [-0.1, -0.05) is 85.4 Å². The van der Waals surface area contributed by atoms with Crippen molar-refractivity contribution in [2.24, 2.45) is 10.9 Å². The maximum absolute atomic E-state index is 14.1. The number of benzene rings is 3. The SMILES string of the molecule is Cc1c(/C=C2\SC(=Nc3ccccc3)N([C@@H]3CCCC[C@@H]3C)C2=O)c2ccccc2n1Cc1ccc(Cl)c(Cl)c1. The smallest absolute Gasteiger partial charge is 0.267 e. The van der Waals surface area contributed by atoms with Crippen molar-refractivity contribution in [1.82, 2.24) is 9.47 Å². The monoisotopic (exact) mass is 587 g/mol. The van der Waals surface area contributed by atoms with Crippen LogP contribution in [0.1, 0.15) is 49.4 Å². The molecule has 0 spiro atoms. The maximum atomic E-state index is 14.1. The Morgan fingerprint density at radius 1 is 0.975 bits per heavy atom. The van der Waals surface area contributed by atoms with E-state index in [1.807, 2.05) is 53.4 Å².